The first-order valence-electron chi connectivity index (χ1n) is 7.67. The zero-order chi connectivity index (χ0) is 13.6. The standard InChI is InChI=1S/C16H26N2O/c1-16(2,3)13-7-6-12(19)10-14(13)18-9-8-17-15(18)11-4-5-11/h8-9,11-14,19H,4-7,10H2,1-3H3. The quantitative estimate of drug-likeness (QED) is 0.885. The molecular weight excluding hydrogens is 236 g/mol. The maximum Gasteiger partial charge on any atom is 0.112 e. The molecule has 1 aromatic rings. The summed E-state index contributed by atoms with van der Waals surface area (Å²) in [6.45, 7) is 6.99. The highest BCUT2D eigenvalue weighted by Gasteiger charge is 2.40. The molecule has 0 aromatic carbocycles. The van der Waals surface area contributed by atoms with Gasteiger partial charge >= 0.3 is 0 Å². The molecule has 2 fully saturated rings. The van der Waals surface area contributed by atoms with Crippen LogP contribution >= 0.6 is 0 Å². The average molecular weight is 262 g/mol. The van der Waals surface area contributed by atoms with Crippen molar-refractivity contribution in [1.82, 2.24) is 9.55 Å². The summed E-state index contributed by atoms with van der Waals surface area (Å²) >= 11 is 0. The highest BCUT2D eigenvalue weighted by atomic mass is 16.3. The lowest BCUT2D eigenvalue weighted by Gasteiger charge is -2.43. The Balaban J connectivity index is 1.91. The Morgan fingerprint density at radius 3 is 2.58 bits per heavy atom. The zero-order valence-corrected chi connectivity index (χ0v) is 12.3. The highest BCUT2D eigenvalue weighted by Crippen LogP contribution is 2.47. The van der Waals surface area contributed by atoms with Gasteiger partial charge in [0, 0.05) is 24.4 Å². The Morgan fingerprint density at radius 1 is 1.21 bits per heavy atom. The van der Waals surface area contributed by atoms with Crippen LogP contribution in [-0.4, -0.2) is 20.8 Å². The van der Waals surface area contributed by atoms with Crippen molar-refractivity contribution in [2.24, 2.45) is 11.3 Å². The molecule has 2 aliphatic carbocycles. The molecule has 106 valence electrons. The van der Waals surface area contributed by atoms with Gasteiger partial charge < -0.3 is 9.67 Å². The van der Waals surface area contributed by atoms with Crippen LogP contribution < -0.4 is 0 Å². The molecule has 3 heteroatoms. The van der Waals surface area contributed by atoms with E-state index in [4.69, 9.17) is 0 Å². The molecule has 3 rings (SSSR count). The van der Waals surface area contributed by atoms with E-state index in [1.165, 1.54) is 18.7 Å². The molecule has 0 bridgehead atoms. The van der Waals surface area contributed by atoms with Crippen LogP contribution in [0.1, 0.15) is 70.7 Å². The molecule has 19 heavy (non-hydrogen) atoms. The molecule has 3 nitrogen and oxygen atoms in total. The first-order valence-corrected chi connectivity index (χ1v) is 7.67. The van der Waals surface area contributed by atoms with Crippen LogP contribution in [0.15, 0.2) is 12.4 Å². The fraction of sp³-hybridized carbons (Fsp3) is 0.812. The largest absolute Gasteiger partial charge is 0.393 e. The van der Waals surface area contributed by atoms with Crippen LogP contribution in [0, 0.1) is 11.3 Å². The van der Waals surface area contributed by atoms with E-state index in [2.05, 4.69) is 36.5 Å². The van der Waals surface area contributed by atoms with Crippen molar-refractivity contribution >= 4 is 0 Å². The number of aliphatic hydroxyl groups excluding tert-OH is 1. The summed E-state index contributed by atoms with van der Waals surface area (Å²) in [5.41, 5.74) is 0.288. The minimum absolute atomic E-state index is 0.141. The van der Waals surface area contributed by atoms with E-state index in [0.29, 0.717) is 17.9 Å². The van der Waals surface area contributed by atoms with Crippen LogP contribution in [0.2, 0.25) is 0 Å². The summed E-state index contributed by atoms with van der Waals surface area (Å²) in [7, 11) is 0. The molecule has 0 spiro atoms. The maximum atomic E-state index is 10.1. The third-order valence-electron chi connectivity index (χ3n) is 4.90. The number of imidazole rings is 1. The molecule has 1 aromatic heterocycles. The molecule has 0 aliphatic heterocycles. The fourth-order valence-electron chi connectivity index (χ4n) is 3.71. The first kappa shape index (κ1) is 13.2. The van der Waals surface area contributed by atoms with Crippen LogP contribution in [0.5, 0.6) is 0 Å². The lowest BCUT2D eigenvalue weighted by molar-refractivity contribution is 0.0290. The summed E-state index contributed by atoms with van der Waals surface area (Å²) in [4.78, 5) is 4.58. The summed E-state index contributed by atoms with van der Waals surface area (Å²) in [5, 5.41) is 10.1. The molecular formula is C16H26N2O. The van der Waals surface area contributed by atoms with E-state index in [9.17, 15) is 5.11 Å². The Morgan fingerprint density at radius 2 is 1.95 bits per heavy atom. The monoisotopic (exact) mass is 262 g/mol. The van der Waals surface area contributed by atoms with Crippen LogP contribution in [0.4, 0.5) is 0 Å². The third kappa shape index (κ3) is 2.58. The Bertz CT molecular complexity index is 442. The molecule has 2 aliphatic rings. The highest BCUT2D eigenvalue weighted by molar-refractivity contribution is 5.10. The van der Waals surface area contributed by atoms with E-state index in [1.807, 2.05) is 6.20 Å². The molecule has 0 amide bonds. The average Bonchev–Trinajstić information content (AvgIpc) is 3.05. The normalized spacial score (nSPS) is 32.5. The molecule has 3 atom stereocenters. The van der Waals surface area contributed by atoms with Gasteiger partial charge in [0.2, 0.25) is 0 Å². The van der Waals surface area contributed by atoms with E-state index < -0.39 is 0 Å². The van der Waals surface area contributed by atoms with Crippen LogP contribution in [0.3, 0.4) is 0 Å². The van der Waals surface area contributed by atoms with Crippen molar-refractivity contribution in [3.8, 4) is 0 Å². The van der Waals surface area contributed by atoms with Gasteiger partial charge in [-0.2, -0.15) is 0 Å². The van der Waals surface area contributed by atoms with Gasteiger partial charge in [-0.15, -0.1) is 0 Å². The predicted octanol–water partition coefficient (Wildman–Crippen LogP) is 3.51. The number of aliphatic hydroxyl groups is 1. The van der Waals surface area contributed by atoms with E-state index in [-0.39, 0.29) is 11.5 Å². The minimum Gasteiger partial charge on any atom is -0.393 e. The SMILES string of the molecule is CC(C)(C)C1CCC(O)CC1n1ccnc1C1CC1. The van der Waals surface area contributed by atoms with Crippen molar-refractivity contribution in [2.75, 3.05) is 0 Å². The number of nitrogens with zero attached hydrogens (tertiary/aromatic N) is 2. The van der Waals surface area contributed by atoms with E-state index in [1.54, 1.807) is 0 Å². The fourth-order valence-corrected chi connectivity index (χ4v) is 3.71. The molecule has 0 saturated heterocycles. The van der Waals surface area contributed by atoms with Gasteiger partial charge in [0.1, 0.15) is 5.82 Å². The maximum absolute atomic E-state index is 10.1. The number of hydrogen-bond acceptors (Lipinski definition) is 2. The second-order valence-electron chi connectivity index (χ2n) is 7.47. The van der Waals surface area contributed by atoms with Crippen molar-refractivity contribution in [1.29, 1.82) is 0 Å². The molecule has 1 N–H and O–H groups in total. The van der Waals surface area contributed by atoms with E-state index >= 15 is 0 Å². The number of rotatable bonds is 2. The molecule has 3 unspecified atom stereocenters. The first-order chi connectivity index (χ1) is 8.97. The Hall–Kier alpha value is -0.830. The smallest absolute Gasteiger partial charge is 0.112 e. The molecule has 2 saturated carbocycles. The minimum atomic E-state index is -0.141. The van der Waals surface area contributed by atoms with E-state index in [0.717, 1.165) is 19.3 Å². The topological polar surface area (TPSA) is 38.0 Å². The summed E-state index contributed by atoms with van der Waals surface area (Å²) in [5.74, 6) is 2.56. The van der Waals surface area contributed by atoms with Gasteiger partial charge in [-0.1, -0.05) is 20.8 Å². The lowest BCUT2D eigenvalue weighted by Crippen LogP contribution is -2.37. The summed E-state index contributed by atoms with van der Waals surface area (Å²) < 4.78 is 2.38. The van der Waals surface area contributed by atoms with Gasteiger partial charge in [-0.25, -0.2) is 4.98 Å². The van der Waals surface area contributed by atoms with Gasteiger partial charge in [0.25, 0.3) is 0 Å². The van der Waals surface area contributed by atoms with Gasteiger partial charge in [-0.05, 0) is 43.4 Å². The van der Waals surface area contributed by atoms with Crippen molar-refractivity contribution in [3.63, 3.8) is 0 Å². The van der Waals surface area contributed by atoms with Crippen molar-refractivity contribution in [3.05, 3.63) is 18.2 Å². The van der Waals surface area contributed by atoms with Crippen LogP contribution in [0.25, 0.3) is 0 Å². The van der Waals surface area contributed by atoms with Gasteiger partial charge in [0.05, 0.1) is 6.10 Å². The lowest BCUT2D eigenvalue weighted by atomic mass is 9.69. The third-order valence-corrected chi connectivity index (χ3v) is 4.90. The van der Waals surface area contributed by atoms with Crippen molar-refractivity contribution in [2.45, 2.75) is 70.9 Å². The van der Waals surface area contributed by atoms with Crippen LogP contribution in [-0.2, 0) is 0 Å². The second kappa shape index (κ2) is 4.62. The van der Waals surface area contributed by atoms with Gasteiger partial charge in [0.15, 0.2) is 0 Å². The Kier molecular flexibility index (Phi) is 3.20. The molecule has 0 radical (unpaired) electrons. The molecule has 1 heterocycles. The summed E-state index contributed by atoms with van der Waals surface area (Å²) in [6.07, 6.45) is 9.46. The number of aromatic nitrogens is 2. The summed E-state index contributed by atoms with van der Waals surface area (Å²) in [6, 6.07) is 0.418. The van der Waals surface area contributed by atoms with Gasteiger partial charge in [-0.3, -0.25) is 0 Å². The zero-order valence-electron chi connectivity index (χ0n) is 12.3. The number of hydrogen-bond donors (Lipinski definition) is 1. The second-order valence-corrected chi connectivity index (χ2v) is 7.47. The Labute approximate surface area is 116 Å². The van der Waals surface area contributed by atoms with Crippen molar-refractivity contribution < 1.29 is 5.11 Å². The predicted molar refractivity (Wildman–Crippen MR) is 76.0 cm³/mol.